The Balaban J connectivity index is 2.12. The molecule has 0 saturated carbocycles. The molecule has 2 unspecified atom stereocenters. The smallest absolute Gasteiger partial charge is 0.320 e. The van der Waals surface area contributed by atoms with Gasteiger partial charge in [0, 0.05) is 24.5 Å². The molecule has 1 aliphatic rings. The zero-order valence-electron chi connectivity index (χ0n) is 10.4. The first-order valence-electron chi connectivity index (χ1n) is 5.79. The molecule has 18 heavy (non-hydrogen) atoms. The molecule has 1 aromatic rings. The minimum absolute atomic E-state index is 0.0171. The van der Waals surface area contributed by atoms with E-state index in [1.807, 2.05) is 17.5 Å². The molecule has 1 aromatic heterocycles. The first kappa shape index (κ1) is 12.9. The number of carboxylic acid groups (broad SMARTS) is 1. The van der Waals surface area contributed by atoms with Gasteiger partial charge in [0.05, 0.1) is 12.5 Å². The standard InChI is InChI=1S/C12H16N2O3S/c1-8(6-11(15)16)14-7-9(13(2)12(14)17)10-4-3-5-18-10/h3-5,8-9H,6-7H2,1-2H3,(H,15,16). The van der Waals surface area contributed by atoms with Crippen LogP contribution in [0.25, 0.3) is 0 Å². The molecule has 0 radical (unpaired) electrons. The van der Waals surface area contributed by atoms with Crippen molar-refractivity contribution in [1.29, 1.82) is 0 Å². The molecule has 1 N–H and O–H groups in total. The van der Waals surface area contributed by atoms with Gasteiger partial charge in [0.2, 0.25) is 0 Å². The zero-order valence-corrected chi connectivity index (χ0v) is 11.2. The maximum Gasteiger partial charge on any atom is 0.320 e. The Bertz CT molecular complexity index is 446. The Labute approximate surface area is 110 Å². The van der Waals surface area contributed by atoms with Crippen LogP contribution in [0, 0.1) is 0 Å². The molecule has 2 atom stereocenters. The van der Waals surface area contributed by atoms with Crippen LogP contribution in [0.4, 0.5) is 4.79 Å². The molecule has 0 aliphatic carbocycles. The van der Waals surface area contributed by atoms with Crippen molar-refractivity contribution in [2.45, 2.75) is 25.4 Å². The fourth-order valence-corrected chi connectivity index (χ4v) is 3.08. The van der Waals surface area contributed by atoms with Crippen molar-refractivity contribution in [3.63, 3.8) is 0 Å². The van der Waals surface area contributed by atoms with E-state index in [-0.39, 0.29) is 24.5 Å². The molecule has 0 spiro atoms. The Morgan fingerprint density at radius 2 is 2.39 bits per heavy atom. The summed E-state index contributed by atoms with van der Waals surface area (Å²) in [5, 5.41) is 10.8. The second-order valence-electron chi connectivity index (χ2n) is 4.52. The third-order valence-electron chi connectivity index (χ3n) is 3.26. The number of carbonyl (C=O) groups is 2. The second-order valence-corrected chi connectivity index (χ2v) is 5.50. The van der Waals surface area contributed by atoms with Gasteiger partial charge in [0.25, 0.3) is 0 Å². The molecule has 5 nitrogen and oxygen atoms in total. The van der Waals surface area contributed by atoms with Crippen molar-refractivity contribution < 1.29 is 14.7 Å². The summed E-state index contributed by atoms with van der Waals surface area (Å²) in [6, 6.07) is 3.63. The molecule has 6 heteroatoms. The lowest BCUT2D eigenvalue weighted by molar-refractivity contribution is -0.137. The maximum absolute atomic E-state index is 12.1. The molecular weight excluding hydrogens is 252 g/mol. The summed E-state index contributed by atoms with van der Waals surface area (Å²) in [6.45, 7) is 2.33. The van der Waals surface area contributed by atoms with Crippen LogP contribution in [-0.4, -0.2) is 46.5 Å². The van der Waals surface area contributed by atoms with E-state index in [0.717, 1.165) is 4.88 Å². The molecular formula is C12H16N2O3S. The highest BCUT2D eigenvalue weighted by Gasteiger charge is 2.38. The molecule has 98 valence electrons. The van der Waals surface area contributed by atoms with E-state index in [1.54, 1.807) is 35.1 Å². The number of aliphatic carboxylic acids is 1. The summed E-state index contributed by atoms with van der Waals surface area (Å²) in [4.78, 5) is 27.3. The minimum atomic E-state index is -0.877. The first-order valence-corrected chi connectivity index (χ1v) is 6.67. The van der Waals surface area contributed by atoms with Crippen molar-refractivity contribution in [3.8, 4) is 0 Å². The summed E-state index contributed by atoms with van der Waals surface area (Å²) in [7, 11) is 1.76. The van der Waals surface area contributed by atoms with Gasteiger partial charge in [-0.1, -0.05) is 6.07 Å². The van der Waals surface area contributed by atoms with Crippen LogP contribution in [-0.2, 0) is 4.79 Å². The fraction of sp³-hybridized carbons (Fsp3) is 0.500. The summed E-state index contributed by atoms with van der Waals surface area (Å²) < 4.78 is 0. The third-order valence-corrected chi connectivity index (χ3v) is 4.23. The van der Waals surface area contributed by atoms with Gasteiger partial charge in [-0.3, -0.25) is 4.79 Å². The molecule has 0 aromatic carbocycles. The zero-order chi connectivity index (χ0) is 13.3. The van der Waals surface area contributed by atoms with Crippen molar-refractivity contribution in [2.24, 2.45) is 0 Å². The number of hydrogen-bond acceptors (Lipinski definition) is 3. The highest BCUT2D eigenvalue weighted by atomic mass is 32.1. The Hall–Kier alpha value is -1.56. The normalized spacial score (nSPS) is 21.4. The van der Waals surface area contributed by atoms with Crippen molar-refractivity contribution in [1.82, 2.24) is 9.80 Å². The first-order chi connectivity index (χ1) is 8.50. The average molecular weight is 268 g/mol. The molecule has 2 rings (SSSR count). The van der Waals surface area contributed by atoms with Gasteiger partial charge in [0.15, 0.2) is 0 Å². The summed E-state index contributed by atoms with van der Waals surface area (Å²) >= 11 is 1.62. The van der Waals surface area contributed by atoms with Crippen molar-refractivity contribution >= 4 is 23.3 Å². The van der Waals surface area contributed by atoms with Gasteiger partial charge in [-0.15, -0.1) is 11.3 Å². The fourth-order valence-electron chi connectivity index (χ4n) is 2.22. The monoisotopic (exact) mass is 268 g/mol. The van der Waals surface area contributed by atoms with Crippen LogP contribution in [0.5, 0.6) is 0 Å². The number of thiophene rings is 1. The highest BCUT2D eigenvalue weighted by Crippen LogP contribution is 2.32. The Kier molecular flexibility index (Phi) is 3.56. The van der Waals surface area contributed by atoms with Crippen LogP contribution < -0.4 is 0 Å². The van der Waals surface area contributed by atoms with E-state index in [1.165, 1.54) is 0 Å². The molecule has 1 fully saturated rings. The number of carboxylic acids is 1. The number of amides is 2. The van der Waals surface area contributed by atoms with Crippen LogP contribution in [0.1, 0.15) is 24.3 Å². The lowest BCUT2D eigenvalue weighted by atomic mass is 10.2. The number of likely N-dealkylation sites (N-methyl/N-ethyl adjacent to an activating group) is 1. The van der Waals surface area contributed by atoms with E-state index in [0.29, 0.717) is 6.54 Å². The molecule has 0 bridgehead atoms. The van der Waals surface area contributed by atoms with Crippen molar-refractivity contribution in [3.05, 3.63) is 22.4 Å². The van der Waals surface area contributed by atoms with Crippen molar-refractivity contribution in [2.75, 3.05) is 13.6 Å². The van der Waals surface area contributed by atoms with E-state index in [9.17, 15) is 9.59 Å². The largest absolute Gasteiger partial charge is 0.481 e. The van der Waals surface area contributed by atoms with Crippen LogP contribution in [0.15, 0.2) is 17.5 Å². The van der Waals surface area contributed by atoms with Crippen LogP contribution in [0.3, 0.4) is 0 Å². The maximum atomic E-state index is 12.1. The SMILES string of the molecule is CC(CC(=O)O)N1CC(c2cccs2)N(C)C1=O. The molecule has 2 heterocycles. The van der Waals surface area contributed by atoms with Crippen LogP contribution in [0.2, 0.25) is 0 Å². The Morgan fingerprint density at radius 1 is 1.67 bits per heavy atom. The lowest BCUT2D eigenvalue weighted by Gasteiger charge is -2.22. The van der Waals surface area contributed by atoms with Gasteiger partial charge in [-0.2, -0.15) is 0 Å². The van der Waals surface area contributed by atoms with Gasteiger partial charge < -0.3 is 14.9 Å². The van der Waals surface area contributed by atoms with Gasteiger partial charge in [0.1, 0.15) is 0 Å². The van der Waals surface area contributed by atoms with Gasteiger partial charge in [-0.05, 0) is 18.4 Å². The number of carbonyl (C=O) groups excluding carboxylic acids is 1. The number of urea groups is 1. The highest BCUT2D eigenvalue weighted by molar-refractivity contribution is 7.10. The number of nitrogens with zero attached hydrogens (tertiary/aromatic N) is 2. The van der Waals surface area contributed by atoms with E-state index in [2.05, 4.69) is 0 Å². The topological polar surface area (TPSA) is 60.9 Å². The molecule has 2 amide bonds. The predicted molar refractivity (Wildman–Crippen MR) is 68.6 cm³/mol. The number of rotatable bonds is 4. The summed E-state index contributed by atoms with van der Waals surface area (Å²) in [5.74, 6) is -0.877. The van der Waals surface area contributed by atoms with E-state index >= 15 is 0 Å². The number of hydrogen-bond donors (Lipinski definition) is 1. The van der Waals surface area contributed by atoms with Gasteiger partial charge in [-0.25, -0.2) is 4.79 Å². The summed E-state index contributed by atoms with van der Waals surface area (Å²) in [6.07, 6.45) is -0.0171. The van der Waals surface area contributed by atoms with E-state index in [4.69, 9.17) is 5.11 Å². The Morgan fingerprint density at radius 3 is 2.94 bits per heavy atom. The second kappa shape index (κ2) is 4.97. The van der Waals surface area contributed by atoms with Gasteiger partial charge >= 0.3 is 12.0 Å². The quantitative estimate of drug-likeness (QED) is 0.908. The third kappa shape index (κ3) is 2.33. The predicted octanol–water partition coefficient (Wildman–Crippen LogP) is 2.02. The lowest BCUT2D eigenvalue weighted by Crippen LogP contribution is -2.37. The summed E-state index contributed by atoms with van der Waals surface area (Å²) in [5.41, 5.74) is 0. The molecule has 1 saturated heterocycles. The van der Waals surface area contributed by atoms with E-state index < -0.39 is 5.97 Å². The molecule has 1 aliphatic heterocycles. The minimum Gasteiger partial charge on any atom is -0.481 e. The average Bonchev–Trinajstić information content (AvgIpc) is 2.88. The van der Waals surface area contributed by atoms with Crippen LogP contribution >= 0.6 is 11.3 Å².